The molecule has 0 bridgehead atoms. The van der Waals surface area contributed by atoms with E-state index in [-0.39, 0.29) is 18.3 Å². The molecule has 1 fully saturated rings. The van der Waals surface area contributed by atoms with Gasteiger partial charge in [-0.1, -0.05) is 0 Å². The van der Waals surface area contributed by atoms with E-state index in [0.717, 1.165) is 19.3 Å². The third-order valence-electron chi connectivity index (χ3n) is 2.84. The van der Waals surface area contributed by atoms with E-state index in [1.54, 1.807) is 0 Å². The van der Waals surface area contributed by atoms with Crippen molar-refractivity contribution in [1.82, 2.24) is 0 Å². The molecule has 0 N–H and O–H groups in total. The summed E-state index contributed by atoms with van der Waals surface area (Å²) < 4.78 is 23.9. The van der Waals surface area contributed by atoms with Gasteiger partial charge in [-0.2, -0.15) is 0 Å². The van der Waals surface area contributed by atoms with Crippen LogP contribution in [0.2, 0.25) is 0 Å². The number of esters is 1. The summed E-state index contributed by atoms with van der Waals surface area (Å²) in [5.74, 6) is -1.26. The fourth-order valence-electron chi connectivity index (χ4n) is 1.85. The molecule has 0 amide bonds. The topological polar surface area (TPSA) is 35.5 Å². The zero-order valence-corrected chi connectivity index (χ0v) is 10.8. The Labute approximate surface area is 111 Å². The molecule has 0 radical (unpaired) electrons. The van der Waals surface area contributed by atoms with Gasteiger partial charge in [-0.05, 0) is 37.5 Å². The van der Waals surface area contributed by atoms with Crippen LogP contribution in [-0.2, 0) is 9.47 Å². The van der Waals surface area contributed by atoms with Crippen molar-refractivity contribution < 1.29 is 18.7 Å². The standard InChI is InChI=1S/C13H15FO3S/c14-12-5-4-10(18)7-11(12)13(15)17-8-9-3-1-2-6-16-9/h4-5,7,9,18H,1-3,6,8H2. The Balaban J connectivity index is 1.92. The van der Waals surface area contributed by atoms with Gasteiger partial charge in [0.2, 0.25) is 0 Å². The molecule has 0 aliphatic carbocycles. The highest BCUT2D eigenvalue weighted by atomic mass is 32.1. The van der Waals surface area contributed by atoms with E-state index >= 15 is 0 Å². The Kier molecular flexibility index (Phi) is 4.60. The van der Waals surface area contributed by atoms with Crippen LogP contribution in [0, 0.1) is 5.82 Å². The molecule has 1 unspecified atom stereocenters. The van der Waals surface area contributed by atoms with Crippen molar-refractivity contribution in [3.05, 3.63) is 29.6 Å². The maximum atomic E-state index is 13.4. The Morgan fingerprint density at radius 1 is 1.50 bits per heavy atom. The molecule has 3 nitrogen and oxygen atoms in total. The molecule has 1 aliphatic rings. The predicted octanol–water partition coefficient (Wildman–Crippen LogP) is 2.84. The lowest BCUT2D eigenvalue weighted by Crippen LogP contribution is -2.26. The van der Waals surface area contributed by atoms with Gasteiger partial charge in [0.05, 0.1) is 11.7 Å². The maximum absolute atomic E-state index is 13.4. The predicted molar refractivity (Wildman–Crippen MR) is 67.5 cm³/mol. The summed E-state index contributed by atoms with van der Waals surface area (Å²) in [6, 6.07) is 4.05. The fraction of sp³-hybridized carbons (Fsp3) is 0.462. The number of carbonyl (C=O) groups is 1. The van der Waals surface area contributed by atoms with Crippen LogP contribution >= 0.6 is 12.6 Å². The molecular formula is C13H15FO3S. The second kappa shape index (κ2) is 6.20. The lowest BCUT2D eigenvalue weighted by atomic mass is 10.1. The van der Waals surface area contributed by atoms with Crippen LogP contribution in [0.3, 0.4) is 0 Å². The van der Waals surface area contributed by atoms with Crippen molar-refractivity contribution in [3.63, 3.8) is 0 Å². The molecule has 1 atom stereocenters. The van der Waals surface area contributed by atoms with Crippen molar-refractivity contribution >= 4 is 18.6 Å². The third kappa shape index (κ3) is 3.46. The maximum Gasteiger partial charge on any atom is 0.341 e. The average molecular weight is 270 g/mol. The van der Waals surface area contributed by atoms with Crippen LogP contribution < -0.4 is 0 Å². The summed E-state index contributed by atoms with van der Waals surface area (Å²) in [5, 5.41) is 0. The van der Waals surface area contributed by atoms with Crippen molar-refractivity contribution in [2.45, 2.75) is 30.3 Å². The summed E-state index contributed by atoms with van der Waals surface area (Å²) in [5.41, 5.74) is -0.0849. The summed E-state index contributed by atoms with van der Waals surface area (Å²) in [6.45, 7) is 0.873. The Morgan fingerprint density at radius 2 is 2.33 bits per heavy atom. The summed E-state index contributed by atoms with van der Waals surface area (Å²) >= 11 is 4.07. The molecule has 0 aromatic heterocycles. The number of thiol groups is 1. The van der Waals surface area contributed by atoms with Crippen molar-refractivity contribution in [1.29, 1.82) is 0 Å². The lowest BCUT2D eigenvalue weighted by Gasteiger charge is -2.22. The van der Waals surface area contributed by atoms with Crippen LogP contribution in [0.25, 0.3) is 0 Å². The number of hydrogen-bond acceptors (Lipinski definition) is 4. The van der Waals surface area contributed by atoms with E-state index in [4.69, 9.17) is 9.47 Å². The molecule has 0 spiro atoms. The van der Waals surface area contributed by atoms with Gasteiger partial charge in [-0.25, -0.2) is 9.18 Å². The first-order chi connectivity index (χ1) is 8.66. The zero-order chi connectivity index (χ0) is 13.0. The van der Waals surface area contributed by atoms with Gasteiger partial charge >= 0.3 is 5.97 Å². The van der Waals surface area contributed by atoms with Crippen molar-refractivity contribution in [2.75, 3.05) is 13.2 Å². The quantitative estimate of drug-likeness (QED) is 0.677. The van der Waals surface area contributed by atoms with Gasteiger partial charge < -0.3 is 9.47 Å². The molecule has 1 aromatic carbocycles. The lowest BCUT2D eigenvalue weighted by molar-refractivity contribution is -0.0302. The molecule has 1 aliphatic heterocycles. The molecule has 1 aromatic rings. The van der Waals surface area contributed by atoms with E-state index in [9.17, 15) is 9.18 Å². The van der Waals surface area contributed by atoms with Crippen molar-refractivity contribution in [2.24, 2.45) is 0 Å². The second-order valence-corrected chi connectivity index (χ2v) is 4.77. The van der Waals surface area contributed by atoms with Crippen LogP contribution in [-0.4, -0.2) is 25.3 Å². The van der Waals surface area contributed by atoms with Gasteiger partial charge in [0.1, 0.15) is 12.4 Å². The van der Waals surface area contributed by atoms with Crippen LogP contribution in [0.4, 0.5) is 4.39 Å². The van der Waals surface area contributed by atoms with E-state index < -0.39 is 11.8 Å². The molecule has 1 heterocycles. The number of carbonyl (C=O) groups excluding carboxylic acids is 1. The van der Waals surface area contributed by atoms with E-state index in [2.05, 4.69) is 12.6 Å². The van der Waals surface area contributed by atoms with Crippen LogP contribution in [0.1, 0.15) is 29.6 Å². The van der Waals surface area contributed by atoms with E-state index in [0.29, 0.717) is 11.5 Å². The molecule has 0 saturated carbocycles. The SMILES string of the molecule is O=C(OCC1CCCCO1)c1cc(S)ccc1F. The molecule has 98 valence electrons. The monoisotopic (exact) mass is 270 g/mol. The Hall–Kier alpha value is -1.07. The summed E-state index contributed by atoms with van der Waals surface area (Å²) in [4.78, 5) is 12.2. The summed E-state index contributed by atoms with van der Waals surface area (Å²) in [7, 11) is 0. The molecule has 5 heteroatoms. The summed E-state index contributed by atoms with van der Waals surface area (Å²) in [6.07, 6.45) is 2.93. The minimum atomic E-state index is -0.669. The molecule has 1 saturated heterocycles. The molecule has 18 heavy (non-hydrogen) atoms. The Bertz CT molecular complexity index is 430. The second-order valence-electron chi connectivity index (χ2n) is 4.25. The normalized spacial score (nSPS) is 19.6. The first-order valence-electron chi connectivity index (χ1n) is 5.94. The zero-order valence-electron chi connectivity index (χ0n) is 9.89. The highest BCUT2D eigenvalue weighted by Crippen LogP contribution is 2.16. The van der Waals surface area contributed by atoms with Crippen LogP contribution in [0.15, 0.2) is 23.1 Å². The van der Waals surface area contributed by atoms with Gasteiger partial charge in [-0.3, -0.25) is 0 Å². The minimum absolute atomic E-state index is 0.0649. The van der Waals surface area contributed by atoms with Crippen molar-refractivity contribution in [3.8, 4) is 0 Å². The largest absolute Gasteiger partial charge is 0.459 e. The van der Waals surface area contributed by atoms with Gasteiger partial charge in [0, 0.05) is 11.5 Å². The Morgan fingerprint density at radius 3 is 3.06 bits per heavy atom. The average Bonchev–Trinajstić information content (AvgIpc) is 2.40. The van der Waals surface area contributed by atoms with Crippen LogP contribution in [0.5, 0.6) is 0 Å². The number of rotatable bonds is 3. The highest BCUT2D eigenvalue weighted by Gasteiger charge is 2.18. The smallest absolute Gasteiger partial charge is 0.341 e. The third-order valence-corrected chi connectivity index (χ3v) is 3.12. The van der Waals surface area contributed by atoms with E-state index in [1.807, 2.05) is 0 Å². The number of benzene rings is 1. The number of ether oxygens (including phenoxy) is 2. The fourth-order valence-corrected chi connectivity index (χ4v) is 2.06. The first kappa shape index (κ1) is 13.4. The molecule has 2 rings (SSSR count). The number of hydrogen-bond donors (Lipinski definition) is 1. The first-order valence-corrected chi connectivity index (χ1v) is 6.39. The molecular weight excluding hydrogens is 255 g/mol. The van der Waals surface area contributed by atoms with E-state index in [1.165, 1.54) is 18.2 Å². The highest BCUT2D eigenvalue weighted by molar-refractivity contribution is 7.80. The van der Waals surface area contributed by atoms with Gasteiger partial charge in [-0.15, -0.1) is 12.6 Å². The number of halogens is 1. The van der Waals surface area contributed by atoms with Gasteiger partial charge in [0.15, 0.2) is 0 Å². The minimum Gasteiger partial charge on any atom is -0.459 e. The van der Waals surface area contributed by atoms with Gasteiger partial charge in [0.25, 0.3) is 0 Å².